The number of nitriles is 1. The Kier molecular flexibility index (Phi) is 6.41. The Hall–Kier alpha value is -1.96. The number of hydrogen-bond acceptors (Lipinski definition) is 3. The van der Waals surface area contributed by atoms with Crippen LogP contribution in [0.5, 0.6) is 5.75 Å². The number of ether oxygens (including phenoxy) is 1. The summed E-state index contributed by atoms with van der Waals surface area (Å²) in [5.74, 6) is 1.12. The number of rotatable bonds is 4. The molecule has 0 N–H and O–H groups in total. The molecule has 0 spiro atoms. The molecule has 0 aliphatic heterocycles. The van der Waals surface area contributed by atoms with Crippen molar-refractivity contribution >= 4 is 5.97 Å². The van der Waals surface area contributed by atoms with E-state index in [1.807, 2.05) is 0 Å². The Labute approximate surface area is 177 Å². The van der Waals surface area contributed by atoms with E-state index in [0.717, 1.165) is 55.1 Å². The number of hydrogen-bond donors (Lipinski definition) is 0. The highest BCUT2D eigenvalue weighted by atomic mass is 19.1. The molecule has 3 aliphatic rings. The number of halogens is 2. The maximum absolute atomic E-state index is 13.8. The second kappa shape index (κ2) is 9.04. The van der Waals surface area contributed by atoms with E-state index in [-0.39, 0.29) is 11.7 Å². The lowest BCUT2D eigenvalue weighted by atomic mass is 9.55. The largest absolute Gasteiger partial charge is 0.426 e. The predicted octanol–water partition coefficient (Wildman–Crippen LogP) is 6.40. The summed E-state index contributed by atoms with van der Waals surface area (Å²) in [6.07, 6.45) is 11.9. The first-order chi connectivity index (χ1) is 14.5. The fourth-order valence-corrected chi connectivity index (χ4v) is 6.69. The van der Waals surface area contributed by atoms with Gasteiger partial charge in [0.1, 0.15) is 29.0 Å². The third-order valence-electron chi connectivity index (χ3n) is 8.03. The molecule has 0 aromatic heterocycles. The summed E-state index contributed by atoms with van der Waals surface area (Å²) in [5.41, 5.74) is -0.652. The Morgan fingerprint density at radius 1 is 1.03 bits per heavy atom. The number of carbonyl (C=O) groups is 1. The van der Waals surface area contributed by atoms with Crippen molar-refractivity contribution in [1.29, 1.82) is 5.26 Å². The molecule has 0 heterocycles. The molecule has 0 saturated heterocycles. The van der Waals surface area contributed by atoms with E-state index in [1.165, 1.54) is 51.0 Å². The summed E-state index contributed by atoms with van der Waals surface area (Å²) in [6, 6.07) is 3.32. The summed E-state index contributed by atoms with van der Waals surface area (Å²) < 4.78 is 32.9. The van der Waals surface area contributed by atoms with Crippen LogP contribution in [-0.4, -0.2) is 5.97 Å². The van der Waals surface area contributed by atoms with Gasteiger partial charge in [-0.1, -0.05) is 26.2 Å². The lowest BCUT2D eigenvalue weighted by Gasteiger charge is -2.50. The van der Waals surface area contributed by atoms with E-state index in [0.29, 0.717) is 5.92 Å². The third-order valence-corrected chi connectivity index (χ3v) is 8.03. The number of benzene rings is 1. The van der Waals surface area contributed by atoms with Gasteiger partial charge in [-0.15, -0.1) is 0 Å². The van der Waals surface area contributed by atoms with Crippen LogP contribution >= 0.6 is 0 Å². The Bertz CT molecular complexity index is 810. The second-order valence-corrected chi connectivity index (χ2v) is 9.70. The van der Waals surface area contributed by atoms with Crippen LogP contribution in [0.25, 0.3) is 0 Å². The fourth-order valence-electron chi connectivity index (χ4n) is 6.69. The predicted molar refractivity (Wildman–Crippen MR) is 109 cm³/mol. The molecule has 0 bridgehead atoms. The Morgan fingerprint density at radius 3 is 2.30 bits per heavy atom. The van der Waals surface area contributed by atoms with Gasteiger partial charge in [-0.25, -0.2) is 8.78 Å². The van der Waals surface area contributed by atoms with Crippen LogP contribution in [0.3, 0.4) is 0 Å². The molecule has 1 aromatic rings. The van der Waals surface area contributed by atoms with Crippen molar-refractivity contribution in [3.63, 3.8) is 0 Å². The van der Waals surface area contributed by atoms with E-state index in [2.05, 4.69) is 6.92 Å². The van der Waals surface area contributed by atoms with Gasteiger partial charge in [-0.2, -0.15) is 5.26 Å². The molecule has 0 radical (unpaired) electrons. The molecule has 0 amide bonds. The molecule has 3 fully saturated rings. The molecule has 3 unspecified atom stereocenters. The van der Waals surface area contributed by atoms with Gasteiger partial charge >= 0.3 is 5.97 Å². The summed E-state index contributed by atoms with van der Waals surface area (Å²) >= 11 is 0. The topological polar surface area (TPSA) is 50.1 Å². The molecule has 162 valence electrons. The normalized spacial score (nSPS) is 33.1. The molecule has 30 heavy (non-hydrogen) atoms. The smallest absolute Gasteiger partial charge is 0.314 e. The van der Waals surface area contributed by atoms with Crippen LogP contribution in [0.1, 0.15) is 76.7 Å². The molecular formula is C25H31F2NO2. The average Bonchev–Trinajstić information content (AvgIpc) is 2.73. The van der Waals surface area contributed by atoms with Gasteiger partial charge in [0.25, 0.3) is 0 Å². The zero-order chi connectivity index (χ0) is 21.3. The Balaban J connectivity index is 1.36. The van der Waals surface area contributed by atoms with E-state index in [1.54, 1.807) is 0 Å². The average molecular weight is 416 g/mol. The summed E-state index contributed by atoms with van der Waals surface area (Å²) in [4.78, 5) is 12.7. The van der Waals surface area contributed by atoms with Crippen molar-refractivity contribution in [2.45, 2.75) is 71.1 Å². The highest BCUT2D eigenvalue weighted by molar-refractivity contribution is 5.75. The van der Waals surface area contributed by atoms with E-state index in [9.17, 15) is 13.6 Å². The molecule has 6 atom stereocenters. The second-order valence-electron chi connectivity index (χ2n) is 9.70. The molecular weight excluding hydrogens is 384 g/mol. The van der Waals surface area contributed by atoms with Crippen molar-refractivity contribution in [2.75, 3.05) is 0 Å². The first kappa shape index (κ1) is 21.3. The van der Waals surface area contributed by atoms with Crippen LogP contribution in [0.2, 0.25) is 0 Å². The number of carbonyl (C=O) groups excluding carboxylic acids is 1. The van der Waals surface area contributed by atoms with Crippen LogP contribution < -0.4 is 4.74 Å². The fraction of sp³-hybridized carbons (Fsp3) is 0.680. The highest BCUT2D eigenvalue weighted by Crippen LogP contribution is 2.53. The number of nitrogens with zero attached hydrogens (tertiary/aromatic N) is 1. The van der Waals surface area contributed by atoms with Crippen molar-refractivity contribution < 1.29 is 18.3 Å². The van der Waals surface area contributed by atoms with Gasteiger partial charge in [-0.05, 0) is 74.5 Å². The van der Waals surface area contributed by atoms with Gasteiger partial charge in [0, 0.05) is 12.1 Å². The SMILES string of the molecule is CCCC1CCC2C(CC[C@@H]3C[C@H](C(=O)Oc4cc(F)c(C#N)c(F)c4)CC[C@H]23)C1. The minimum atomic E-state index is -0.999. The molecule has 3 aliphatic carbocycles. The van der Waals surface area contributed by atoms with Crippen molar-refractivity contribution in [2.24, 2.45) is 35.5 Å². The van der Waals surface area contributed by atoms with Gasteiger partial charge in [0.15, 0.2) is 0 Å². The van der Waals surface area contributed by atoms with Gasteiger partial charge in [0.2, 0.25) is 0 Å². The molecule has 3 nitrogen and oxygen atoms in total. The molecule has 1 aromatic carbocycles. The number of fused-ring (bicyclic) bond motifs is 3. The third kappa shape index (κ3) is 4.24. The molecule has 5 heteroatoms. The van der Waals surface area contributed by atoms with E-state index >= 15 is 0 Å². The van der Waals surface area contributed by atoms with Crippen LogP contribution in [-0.2, 0) is 4.79 Å². The first-order valence-corrected chi connectivity index (χ1v) is 11.6. The molecule has 4 rings (SSSR count). The van der Waals surface area contributed by atoms with Gasteiger partial charge < -0.3 is 4.74 Å². The standard InChI is InChI=1S/C25H31F2NO2/c1-2-3-15-4-8-20-16(10-15)5-6-17-11-18(7-9-21(17)20)25(29)30-19-12-23(26)22(14-28)24(27)13-19/h12-13,15-18,20-21H,2-11H2,1H3/t15?,16?,17-,18-,20?,21+/m1/s1. The maximum Gasteiger partial charge on any atom is 0.314 e. The quantitative estimate of drug-likeness (QED) is 0.422. The zero-order valence-electron chi connectivity index (χ0n) is 17.7. The van der Waals surface area contributed by atoms with Crippen LogP contribution in [0.4, 0.5) is 8.78 Å². The highest BCUT2D eigenvalue weighted by Gasteiger charge is 2.45. The minimum absolute atomic E-state index is 0.158. The first-order valence-electron chi connectivity index (χ1n) is 11.6. The zero-order valence-corrected chi connectivity index (χ0v) is 17.7. The van der Waals surface area contributed by atoms with E-state index in [4.69, 9.17) is 10.00 Å². The summed E-state index contributed by atoms with van der Waals surface area (Å²) in [6.45, 7) is 2.28. The molecule has 3 saturated carbocycles. The minimum Gasteiger partial charge on any atom is -0.426 e. The lowest BCUT2D eigenvalue weighted by Crippen LogP contribution is -2.42. The van der Waals surface area contributed by atoms with Crippen LogP contribution in [0.15, 0.2) is 12.1 Å². The van der Waals surface area contributed by atoms with Crippen molar-refractivity contribution in [3.05, 3.63) is 29.3 Å². The van der Waals surface area contributed by atoms with Crippen molar-refractivity contribution in [3.8, 4) is 11.8 Å². The van der Waals surface area contributed by atoms with Gasteiger partial charge in [-0.3, -0.25) is 4.79 Å². The van der Waals surface area contributed by atoms with E-state index < -0.39 is 23.2 Å². The lowest BCUT2D eigenvalue weighted by molar-refractivity contribution is -0.142. The van der Waals surface area contributed by atoms with Crippen molar-refractivity contribution in [1.82, 2.24) is 0 Å². The number of esters is 1. The van der Waals surface area contributed by atoms with Gasteiger partial charge in [0.05, 0.1) is 5.92 Å². The summed E-state index contributed by atoms with van der Waals surface area (Å²) in [7, 11) is 0. The maximum atomic E-state index is 13.8. The monoisotopic (exact) mass is 415 g/mol. The summed E-state index contributed by atoms with van der Waals surface area (Å²) in [5, 5.41) is 8.77. The van der Waals surface area contributed by atoms with Crippen LogP contribution in [0, 0.1) is 58.5 Å². The Morgan fingerprint density at radius 2 is 1.67 bits per heavy atom.